The van der Waals surface area contributed by atoms with E-state index in [1.807, 2.05) is 10.8 Å². The normalized spacial score (nSPS) is 11.6. The van der Waals surface area contributed by atoms with Crippen molar-refractivity contribution < 1.29 is 13.9 Å². The Labute approximate surface area is 93.5 Å². The average Bonchev–Trinajstić information content (AvgIpc) is 2.70. The minimum absolute atomic E-state index is 0.0855. The molecule has 6 heteroatoms. The third-order valence-electron chi connectivity index (χ3n) is 2.26. The van der Waals surface area contributed by atoms with Crippen LogP contribution in [0.1, 0.15) is 6.42 Å². The van der Waals surface area contributed by atoms with Crippen molar-refractivity contribution in [1.82, 2.24) is 14.5 Å². The number of aliphatic hydroxyl groups excluding tert-OH is 1. The zero-order chi connectivity index (χ0) is 11.8. The van der Waals surface area contributed by atoms with Gasteiger partial charge >= 0.3 is 0 Å². The molecule has 0 spiro atoms. The molecule has 1 rings (SSSR count). The molecule has 0 unspecified atom stereocenters. The fourth-order valence-electron chi connectivity index (χ4n) is 1.53. The van der Waals surface area contributed by atoms with Crippen LogP contribution >= 0.6 is 0 Å². The first-order chi connectivity index (χ1) is 7.72. The molecule has 92 valence electrons. The van der Waals surface area contributed by atoms with E-state index >= 15 is 0 Å². The number of aromatic nitrogens is 2. The topological polar surface area (TPSA) is 41.3 Å². The predicted octanol–water partition coefficient (Wildman–Crippen LogP) is 0.833. The number of nitrogens with zero attached hydrogens (tertiary/aromatic N) is 3. The number of halogens is 2. The predicted molar refractivity (Wildman–Crippen MR) is 56.4 cm³/mol. The number of imidazole rings is 1. The zero-order valence-corrected chi connectivity index (χ0v) is 9.10. The standard InChI is InChI=1S/C10H17F2N3O/c11-10(12)8-14(6-7-16)3-1-4-15-5-2-13-9-15/h2,5,9-10,16H,1,3-4,6-8H2. The summed E-state index contributed by atoms with van der Waals surface area (Å²) < 4.78 is 26.2. The van der Waals surface area contributed by atoms with Crippen LogP contribution in [0.25, 0.3) is 0 Å². The summed E-state index contributed by atoms with van der Waals surface area (Å²) in [5, 5.41) is 8.73. The quantitative estimate of drug-likeness (QED) is 0.723. The van der Waals surface area contributed by atoms with Gasteiger partial charge in [-0.2, -0.15) is 0 Å². The van der Waals surface area contributed by atoms with E-state index in [0.717, 1.165) is 13.0 Å². The third-order valence-corrected chi connectivity index (χ3v) is 2.26. The van der Waals surface area contributed by atoms with Gasteiger partial charge < -0.3 is 9.67 Å². The molecule has 1 heterocycles. The summed E-state index contributed by atoms with van der Waals surface area (Å²) in [6.45, 7) is 1.25. The van der Waals surface area contributed by atoms with Crippen LogP contribution < -0.4 is 0 Å². The Morgan fingerprint density at radius 3 is 2.75 bits per heavy atom. The number of alkyl halides is 2. The van der Waals surface area contributed by atoms with E-state index in [9.17, 15) is 8.78 Å². The first kappa shape index (κ1) is 13.1. The van der Waals surface area contributed by atoms with E-state index in [-0.39, 0.29) is 13.2 Å². The lowest BCUT2D eigenvalue weighted by molar-refractivity contribution is 0.0771. The monoisotopic (exact) mass is 233 g/mol. The Morgan fingerprint density at radius 1 is 1.38 bits per heavy atom. The van der Waals surface area contributed by atoms with Crippen LogP contribution in [-0.2, 0) is 6.54 Å². The van der Waals surface area contributed by atoms with Crippen LogP contribution in [0.4, 0.5) is 8.78 Å². The first-order valence-electron chi connectivity index (χ1n) is 5.29. The van der Waals surface area contributed by atoms with E-state index in [0.29, 0.717) is 13.1 Å². The van der Waals surface area contributed by atoms with Crippen molar-refractivity contribution in [3.63, 3.8) is 0 Å². The maximum Gasteiger partial charge on any atom is 0.251 e. The molecule has 0 saturated heterocycles. The van der Waals surface area contributed by atoms with Gasteiger partial charge in [-0.1, -0.05) is 0 Å². The Hall–Kier alpha value is -1.01. The van der Waals surface area contributed by atoms with Gasteiger partial charge in [-0.05, 0) is 6.42 Å². The van der Waals surface area contributed by atoms with Gasteiger partial charge in [0.15, 0.2) is 0 Å². The number of hydrogen-bond acceptors (Lipinski definition) is 3. The molecule has 0 fully saturated rings. The van der Waals surface area contributed by atoms with Crippen molar-refractivity contribution in [3.8, 4) is 0 Å². The highest BCUT2D eigenvalue weighted by Crippen LogP contribution is 2.00. The molecule has 0 radical (unpaired) electrons. The fraction of sp³-hybridized carbons (Fsp3) is 0.700. The molecule has 1 N–H and O–H groups in total. The fourth-order valence-corrected chi connectivity index (χ4v) is 1.53. The Morgan fingerprint density at radius 2 is 2.19 bits per heavy atom. The summed E-state index contributed by atoms with van der Waals surface area (Å²) in [4.78, 5) is 5.47. The summed E-state index contributed by atoms with van der Waals surface area (Å²) in [5.41, 5.74) is 0. The summed E-state index contributed by atoms with van der Waals surface area (Å²) in [6, 6.07) is 0. The Kier molecular flexibility index (Phi) is 5.95. The summed E-state index contributed by atoms with van der Waals surface area (Å²) in [7, 11) is 0. The molecule has 0 aliphatic rings. The largest absolute Gasteiger partial charge is 0.395 e. The second-order valence-electron chi connectivity index (χ2n) is 3.57. The van der Waals surface area contributed by atoms with E-state index < -0.39 is 6.43 Å². The maximum atomic E-state index is 12.2. The van der Waals surface area contributed by atoms with Gasteiger partial charge in [0.1, 0.15) is 0 Å². The van der Waals surface area contributed by atoms with Gasteiger partial charge in [-0.15, -0.1) is 0 Å². The Bertz CT molecular complexity index is 267. The molecule has 1 aromatic heterocycles. The zero-order valence-electron chi connectivity index (χ0n) is 9.10. The molecule has 4 nitrogen and oxygen atoms in total. The van der Waals surface area contributed by atoms with Crippen LogP contribution in [0.3, 0.4) is 0 Å². The van der Waals surface area contributed by atoms with Gasteiger partial charge in [0.2, 0.25) is 0 Å². The highest BCUT2D eigenvalue weighted by atomic mass is 19.3. The van der Waals surface area contributed by atoms with Crippen molar-refractivity contribution in [2.75, 3.05) is 26.2 Å². The molecule has 0 bridgehead atoms. The van der Waals surface area contributed by atoms with Crippen molar-refractivity contribution in [2.24, 2.45) is 0 Å². The van der Waals surface area contributed by atoms with Gasteiger partial charge in [-0.3, -0.25) is 4.90 Å². The minimum atomic E-state index is -2.35. The number of rotatable bonds is 8. The van der Waals surface area contributed by atoms with E-state index in [1.165, 1.54) is 0 Å². The van der Waals surface area contributed by atoms with Gasteiger partial charge in [0.05, 0.1) is 19.5 Å². The molecule has 0 aliphatic heterocycles. The third kappa shape index (κ3) is 5.18. The van der Waals surface area contributed by atoms with Crippen molar-refractivity contribution in [3.05, 3.63) is 18.7 Å². The highest BCUT2D eigenvalue weighted by Gasteiger charge is 2.10. The van der Waals surface area contributed by atoms with Crippen LogP contribution in [0.5, 0.6) is 0 Å². The van der Waals surface area contributed by atoms with Crippen molar-refractivity contribution in [2.45, 2.75) is 19.4 Å². The molecule has 0 amide bonds. The smallest absolute Gasteiger partial charge is 0.251 e. The van der Waals surface area contributed by atoms with Crippen LogP contribution in [-0.4, -0.2) is 52.2 Å². The lowest BCUT2D eigenvalue weighted by atomic mass is 10.3. The molecule has 0 aromatic carbocycles. The molecular weight excluding hydrogens is 216 g/mol. The molecular formula is C10H17F2N3O. The number of aliphatic hydroxyl groups is 1. The van der Waals surface area contributed by atoms with E-state index in [4.69, 9.17) is 5.11 Å². The summed E-state index contributed by atoms with van der Waals surface area (Å²) in [6.07, 6.45) is 3.64. The van der Waals surface area contributed by atoms with Crippen molar-refractivity contribution >= 4 is 0 Å². The second kappa shape index (κ2) is 7.29. The average molecular weight is 233 g/mol. The van der Waals surface area contributed by atoms with Crippen LogP contribution in [0, 0.1) is 0 Å². The van der Waals surface area contributed by atoms with Crippen LogP contribution in [0.2, 0.25) is 0 Å². The van der Waals surface area contributed by atoms with Gasteiger partial charge in [0, 0.05) is 32.0 Å². The summed E-state index contributed by atoms with van der Waals surface area (Å²) in [5.74, 6) is 0. The van der Waals surface area contributed by atoms with E-state index in [1.54, 1.807) is 17.4 Å². The van der Waals surface area contributed by atoms with Crippen molar-refractivity contribution in [1.29, 1.82) is 0 Å². The first-order valence-corrected chi connectivity index (χ1v) is 5.29. The summed E-state index contributed by atoms with van der Waals surface area (Å²) >= 11 is 0. The van der Waals surface area contributed by atoms with Crippen LogP contribution in [0.15, 0.2) is 18.7 Å². The highest BCUT2D eigenvalue weighted by molar-refractivity contribution is 4.74. The Balaban J connectivity index is 2.21. The molecule has 16 heavy (non-hydrogen) atoms. The SMILES string of the molecule is OCCN(CCCn1ccnc1)CC(F)F. The van der Waals surface area contributed by atoms with E-state index in [2.05, 4.69) is 4.98 Å². The van der Waals surface area contributed by atoms with Gasteiger partial charge in [0.25, 0.3) is 6.43 Å². The molecule has 0 aliphatic carbocycles. The second-order valence-corrected chi connectivity index (χ2v) is 3.57. The maximum absolute atomic E-state index is 12.2. The number of aryl methyl sites for hydroxylation is 1. The lowest BCUT2D eigenvalue weighted by Gasteiger charge is -2.20. The number of hydrogen-bond donors (Lipinski definition) is 1. The molecule has 0 atom stereocenters. The lowest BCUT2D eigenvalue weighted by Crippen LogP contribution is -2.33. The molecule has 0 saturated carbocycles. The molecule has 1 aromatic rings. The minimum Gasteiger partial charge on any atom is -0.395 e. The van der Waals surface area contributed by atoms with Gasteiger partial charge in [-0.25, -0.2) is 13.8 Å².